The molecule has 5 heteroatoms. The molecular formula is C23H22FNO3. The normalized spacial score (nSPS) is 10.8. The quantitative estimate of drug-likeness (QED) is 0.481. The van der Waals surface area contributed by atoms with Crippen molar-refractivity contribution in [2.45, 2.75) is 13.5 Å². The van der Waals surface area contributed by atoms with E-state index in [4.69, 9.17) is 14.2 Å². The van der Waals surface area contributed by atoms with Crippen molar-refractivity contribution >= 4 is 11.9 Å². The molecule has 0 aliphatic carbocycles. The van der Waals surface area contributed by atoms with Crippen molar-refractivity contribution in [3.8, 4) is 17.2 Å². The number of benzene rings is 3. The van der Waals surface area contributed by atoms with E-state index in [1.165, 1.54) is 6.07 Å². The largest absolute Gasteiger partial charge is 0.494 e. The molecule has 3 aromatic rings. The van der Waals surface area contributed by atoms with Crippen molar-refractivity contribution in [1.29, 1.82) is 0 Å². The number of rotatable bonds is 8. The molecule has 0 spiro atoms. The second-order valence-corrected chi connectivity index (χ2v) is 5.94. The summed E-state index contributed by atoms with van der Waals surface area (Å²) in [6, 6.07) is 19.6. The van der Waals surface area contributed by atoms with E-state index in [0.717, 1.165) is 17.0 Å². The molecule has 0 aliphatic heterocycles. The molecule has 0 fully saturated rings. The van der Waals surface area contributed by atoms with Gasteiger partial charge in [0, 0.05) is 17.3 Å². The zero-order valence-electron chi connectivity index (χ0n) is 15.9. The highest BCUT2D eigenvalue weighted by Gasteiger charge is 2.11. The maximum Gasteiger partial charge on any atom is 0.170 e. The SMILES string of the molecule is CCOc1ccc(N=Cc2cccc(OC)c2OCc2ccccc2F)cc1. The van der Waals surface area contributed by atoms with Crippen LogP contribution in [-0.2, 0) is 6.61 Å². The molecule has 0 atom stereocenters. The Bertz CT molecular complexity index is 939. The fourth-order valence-electron chi connectivity index (χ4n) is 2.65. The van der Waals surface area contributed by atoms with Gasteiger partial charge in [0.2, 0.25) is 0 Å². The molecule has 0 radical (unpaired) electrons. The van der Waals surface area contributed by atoms with Crippen molar-refractivity contribution in [2.75, 3.05) is 13.7 Å². The van der Waals surface area contributed by atoms with Crippen LogP contribution in [0.3, 0.4) is 0 Å². The van der Waals surface area contributed by atoms with Crippen molar-refractivity contribution in [2.24, 2.45) is 4.99 Å². The van der Waals surface area contributed by atoms with Gasteiger partial charge in [0.15, 0.2) is 11.5 Å². The number of halogens is 1. The Morgan fingerprint density at radius 3 is 2.43 bits per heavy atom. The van der Waals surface area contributed by atoms with Crippen LogP contribution in [0.25, 0.3) is 0 Å². The highest BCUT2D eigenvalue weighted by molar-refractivity contribution is 5.86. The molecule has 0 heterocycles. The molecule has 0 saturated carbocycles. The van der Waals surface area contributed by atoms with E-state index >= 15 is 0 Å². The molecule has 0 saturated heterocycles. The van der Waals surface area contributed by atoms with E-state index in [1.807, 2.05) is 43.3 Å². The first kappa shape index (κ1) is 19.4. The van der Waals surface area contributed by atoms with E-state index in [9.17, 15) is 4.39 Å². The van der Waals surface area contributed by atoms with Gasteiger partial charge in [-0.15, -0.1) is 0 Å². The zero-order valence-corrected chi connectivity index (χ0v) is 15.9. The van der Waals surface area contributed by atoms with E-state index in [0.29, 0.717) is 23.7 Å². The third kappa shape index (κ3) is 4.88. The molecule has 0 aromatic heterocycles. The number of methoxy groups -OCH3 is 1. The fourth-order valence-corrected chi connectivity index (χ4v) is 2.65. The van der Waals surface area contributed by atoms with Crippen LogP contribution < -0.4 is 14.2 Å². The Labute approximate surface area is 164 Å². The third-order valence-corrected chi connectivity index (χ3v) is 4.06. The summed E-state index contributed by atoms with van der Waals surface area (Å²) in [5, 5.41) is 0. The third-order valence-electron chi connectivity index (χ3n) is 4.06. The zero-order chi connectivity index (χ0) is 19.8. The molecule has 4 nitrogen and oxygen atoms in total. The van der Waals surface area contributed by atoms with Gasteiger partial charge in [0.05, 0.1) is 19.4 Å². The molecule has 3 rings (SSSR count). The van der Waals surface area contributed by atoms with Crippen LogP contribution in [0.1, 0.15) is 18.1 Å². The lowest BCUT2D eigenvalue weighted by molar-refractivity contribution is 0.279. The molecular weight excluding hydrogens is 357 g/mol. The summed E-state index contributed by atoms with van der Waals surface area (Å²) in [4.78, 5) is 4.50. The van der Waals surface area contributed by atoms with Gasteiger partial charge in [0.1, 0.15) is 18.2 Å². The number of hydrogen-bond acceptors (Lipinski definition) is 4. The Balaban J connectivity index is 1.81. The standard InChI is InChI=1S/C23H22FNO3/c1-3-27-20-13-11-19(12-14-20)25-15-17-8-6-10-22(26-2)23(17)28-16-18-7-4-5-9-21(18)24/h4-15H,3,16H2,1-2H3. The van der Waals surface area contributed by atoms with Gasteiger partial charge < -0.3 is 14.2 Å². The molecule has 0 aliphatic rings. The number of ether oxygens (including phenoxy) is 3. The van der Waals surface area contributed by atoms with E-state index < -0.39 is 0 Å². The Morgan fingerprint density at radius 1 is 0.929 bits per heavy atom. The van der Waals surface area contributed by atoms with Crippen molar-refractivity contribution < 1.29 is 18.6 Å². The van der Waals surface area contributed by atoms with Crippen LogP contribution in [-0.4, -0.2) is 19.9 Å². The molecule has 144 valence electrons. The van der Waals surface area contributed by atoms with Crippen LogP contribution >= 0.6 is 0 Å². The van der Waals surface area contributed by atoms with Crippen LogP contribution in [0.5, 0.6) is 17.2 Å². The maximum absolute atomic E-state index is 13.9. The average molecular weight is 379 g/mol. The second-order valence-electron chi connectivity index (χ2n) is 5.94. The van der Waals surface area contributed by atoms with Crippen molar-refractivity contribution in [1.82, 2.24) is 0 Å². The summed E-state index contributed by atoms with van der Waals surface area (Å²) < 4.78 is 30.6. The lowest BCUT2D eigenvalue weighted by atomic mass is 10.2. The highest BCUT2D eigenvalue weighted by atomic mass is 19.1. The summed E-state index contributed by atoms with van der Waals surface area (Å²) in [6.45, 7) is 2.66. The number of hydrogen-bond donors (Lipinski definition) is 0. The first-order valence-corrected chi connectivity index (χ1v) is 9.01. The van der Waals surface area contributed by atoms with Gasteiger partial charge in [-0.05, 0) is 49.4 Å². The van der Waals surface area contributed by atoms with E-state index in [-0.39, 0.29) is 12.4 Å². The Morgan fingerprint density at radius 2 is 1.71 bits per heavy atom. The summed E-state index contributed by atoms with van der Waals surface area (Å²) >= 11 is 0. The Hall–Kier alpha value is -3.34. The molecule has 0 bridgehead atoms. The average Bonchev–Trinajstić information content (AvgIpc) is 2.73. The first-order valence-electron chi connectivity index (χ1n) is 9.01. The van der Waals surface area contributed by atoms with E-state index in [2.05, 4.69) is 4.99 Å². The summed E-state index contributed by atoms with van der Waals surface area (Å²) in [6.07, 6.45) is 1.70. The predicted molar refractivity (Wildman–Crippen MR) is 109 cm³/mol. The van der Waals surface area contributed by atoms with Gasteiger partial charge in [-0.1, -0.05) is 24.3 Å². The lowest BCUT2D eigenvalue weighted by Crippen LogP contribution is -2.02. The Kier molecular flexibility index (Phi) is 6.63. The van der Waals surface area contributed by atoms with Crippen LogP contribution in [0.2, 0.25) is 0 Å². The van der Waals surface area contributed by atoms with Gasteiger partial charge in [0.25, 0.3) is 0 Å². The monoisotopic (exact) mass is 379 g/mol. The molecule has 0 N–H and O–H groups in total. The van der Waals surface area contributed by atoms with Crippen LogP contribution in [0.15, 0.2) is 71.7 Å². The molecule has 0 amide bonds. The topological polar surface area (TPSA) is 40.0 Å². The maximum atomic E-state index is 13.9. The predicted octanol–water partition coefficient (Wildman–Crippen LogP) is 5.56. The second kappa shape index (κ2) is 9.55. The summed E-state index contributed by atoms with van der Waals surface area (Å²) in [5.41, 5.74) is 2.00. The summed E-state index contributed by atoms with van der Waals surface area (Å²) in [7, 11) is 1.57. The van der Waals surface area contributed by atoms with Crippen LogP contribution in [0, 0.1) is 5.82 Å². The van der Waals surface area contributed by atoms with Crippen molar-refractivity contribution in [3.63, 3.8) is 0 Å². The first-order chi connectivity index (χ1) is 13.7. The smallest absolute Gasteiger partial charge is 0.170 e. The minimum Gasteiger partial charge on any atom is -0.494 e. The molecule has 0 unspecified atom stereocenters. The van der Waals surface area contributed by atoms with Gasteiger partial charge in [-0.3, -0.25) is 4.99 Å². The minimum atomic E-state index is -0.304. The lowest BCUT2D eigenvalue weighted by Gasteiger charge is -2.13. The summed E-state index contributed by atoms with van der Waals surface area (Å²) in [5.74, 6) is 1.58. The molecule has 28 heavy (non-hydrogen) atoms. The molecule has 3 aromatic carbocycles. The fraction of sp³-hybridized carbons (Fsp3) is 0.174. The number of aliphatic imine (C=N–C) groups is 1. The van der Waals surface area contributed by atoms with E-state index in [1.54, 1.807) is 37.6 Å². The van der Waals surface area contributed by atoms with Crippen LogP contribution in [0.4, 0.5) is 10.1 Å². The van der Waals surface area contributed by atoms with Gasteiger partial charge in [-0.25, -0.2) is 4.39 Å². The van der Waals surface area contributed by atoms with Gasteiger partial charge >= 0.3 is 0 Å². The van der Waals surface area contributed by atoms with Crippen molar-refractivity contribution in [3.05, 3.63) is 83.7 Å². The number of nitrogens with zero attached hydrogens (tertiary/aromatic N) is 1. The van der Waals surface area contributed by atoms with Gasteiger partial charge in [-0.2, -0.15) is 0 Å². The number of para-hydroxylation sites is 1. The highest BCUT2D eigenvalue weighted by Crippen LogP contribution is 2.31. The minimum absolute atomic E-state index is 0.0942.